The lowest BCUT2D eigenvalue weighted by Gasteiger charge is -2.32. The third-order valence-corrected chi connectivity index (χ3v) is 5.50. The zero-order valence-corrected chi connectivity index (χ0v) is 16.2. The summed E-state index contributed by atoms with van der Waals surface area (Å²) in [6, 6.07) is 6.07. The Bertz CT molecular complexity index is 974. The number of hydrogen-bond acceptors (Lipinski definition) is 8. The van der Waals surface area contributed by atoms with Gasteiger partial charge in [-0.15, -0.1) is 10.2 Å². The zero-order chi connectivity index (χ0) is 18.8. The van der Waals surface area contributed by atoms with Crippen molar-refractivity contribution >= 4 is 28.0 Å². The van der Waals surface area contributed by atoms with Gasteiger partial charge in [0.1, 0.15) is 10.7 Å². The standard InChI is InChI=1S/C19H21N5O2S/c1-12-11-26-6-5-24(12)10-16(25)7-15-8-18-14(9-20-15)3-4-17(21-18)19-23-22-13(2)27-19/h3-4,8-9,12H,5-7,10-11H2,1-2H3/t12-/m1/s1. The number of carbonyl (C=O) groups is 1. The summed E-state index contributed by atoms with van der Waals surface area (Å²) in [7, 11) is 0. The molecule has 0 aliphatic carbocycles. The minimum Gasteiger partial charge on any atom is -0.379 e. The van der Waals surface area contributed by atoms with Crippen LogP contribution in [0.2, 0.25) is 0 Å². The quantitative estimate of drug-likeness (QED) is 0.668. The highest BCUT2D eigenvalue weighted by molar-refractivity contribution is 7.14. The molecule has 3 aromatic heterocycles. The van der Waals surface area contributed by atoms with Gasteiger partial charge in [-0.3, -0.25) is 14.7 Å². The number of fused-ring (bicyclic) bond motifs is 1. The molecular weight excluding hydrogens is 362 g/mol. The highest BCUT2D eigenvalue weighted by atomic mass is 32.1. The van der Waals surface area contributed by atoms with Crippen LogP contribution in [0.4, 0.5) is 0 Å². The van der Waals surface area contributed by atoms with Gasteiger partial charge in [0.25, 0.3) is 0 Å². The fourth-order valence-electron chi connectivity index (χ4n) is 3.15. The van der Waals surface area contributed by atoms with Gasteiger partial charge in [-0.2, -0.15) is 0 Å². The van der Waals surface area contributed by atoms with Gasteiger partial charge in [-0.25, -0.2) is 4.98 Å². The van der Waals surface area contributed by atoms with Gasteiger partial charge < -0.3 is 4.74 Å². The maximum Gasteiger partial charge on any atom is 0.166 e. The van der Waals surface area contributed by atoms with Crippen LogP contribution in [0.25, 0.3) is 21.6 Å². The molecule has 1 saturated heterocycles. The smallest absolute Gasteiger partial charge is 0.166 e. The van der Waals surface area contributed by atoms with Crippen molar-refractivity contribution in [2.45, 2.75) is 26.3 Å². The third kappa shape index (κ3) is 4.18. The molecule has 1 aliphatic heterocycles. The largest absolute Gasteiger partial charge is 0.379 e. The number of morpholine rings is 1. The first kappa shape index (κ1) is 18.1. The van der Waals surface area contributed by atoms with Gasteiger partial charge in [0.15, 0.2) is 10.8 Å². The van der Waals surface area contributed by atoms with Crippen molar-refractivity contribution in [3.8, 4) is 10.7 Å². The van der Waals surface area contributed by atoms with Crippen molar-refractivity contribution in [1.29, 1.82) is 0 Å². The second-order valence-corrected chi connectivity index (χ2v) is 7.98. The summed E-state index contributed by atoms with van der Waals surface area (Å²) < 4.78 is 5.43. The summed E-state index contributed by atoms with van der Waals surface area (Å²) in [6.07, 6.45) is 2.08. The lowest BCUT2D eigenvalue weighted by atomic mass is 10.1. The van der Waals surface area contributed by atoms with Crippen LogP contribution in [0, 0.1) is 6.92 Å². The first-order valence-electron chi connectivity index (χ1n) is 8.98. The van der Waals surface area contributed by atoms with Gasteiger partial charge in [0.05, 0.1) is 31.7 Å². The number of pyridine rings is 2. The van der Waals surface area contributed by atoms with Gasteiger partial charge in [0, 0.05) is 29.9 Å². The normalized spacial score (nSPS) is 18.1. The predicted octanol–water partition coefficient (Wildman–Crippen LogP) is 2.29. The van der Waals surface area contributed by atoms with E-state index in [1.54, 1.807) is 6.20 Å². The molecule has 3 aromatic rings. The summed E-state index contributed by atoms with van der Waals surface area (Å²) in [5, 5.41) is 10.9. The van der Waals surface area contributed by atoms with Crippen molar-refractivity contribution in [2.24, 2.45) is 0 Å². The van der Waals surface area contributed by atoms with Crippen LogP contribution in [-0.4, -0.2) is 63.2 Å². The minimum absolute atomic E-state index is 0.159. The highest BCUT2D eigenvalue weighted by Crippen LogP contribution is 2.24. The topological polar surface area (TPSA) is 81.1 Å². The lowest BCUT2D eigenvalue weighted by Crippen LogP contribution is -2.46. The van der Waals surface area contributed by atoms with Gasteiger partial charge in [-0.05, 0) is 32.0 Å². The lowest BCUT2D eigenvalue weighted by molar-refractivity contribution is -0.121. The second kappa shape index (κ2) is 7.75. The van der Waals surface area contributed by atoms with Crippen LogP contribution in [0.1, 0.15) is 17.6 Å². The Labute approximate surface area is 161 Å². The molecule has 0 aromatic carbocycles. The van der Waals surface area contributed by atoms with Crippen LogP contribution < -0.4 is 0 Å². The molecule has 0 bridgehead atoms. The molecule has 1 fully saturated rings. The fourth-order valence-corrected chi connectivity index (χ4v) is 3.82. The molecule has 27 heavy (non-hydrogen) atoms. The van der Waals surface area contributed by atoms with E-state index in [0.717, 1.165) is 38.9 Å². The molecule has 140 valence electrons. The van der Waals surface area contributed by atoms with E-state index < -0.39 is 0 Å². The molecule has 4 heterocycles. The highest BCUT2D eigenvalue weighted by Gasteiger charge is 2.21. The number of Topliss-reactive ketones (excluding diaryl/α,β-unsaturated/α-hetero) is 1. The molecule has 0 spiro atoms. The Morgan fingerprint density at radius 3 is 3.04 bits per heavy atom. The van der Waals surface area contributed by atoms with Crippen LogP contribution in [0.15, 0.2) is 24.4 Å². The molecule has 0 unspecified atom stereocenters. The molecule has 0 N–H and O–H groups in total. The molecule has 0 saturated carbocycles. The Balaban J connectivity index is 1.51. The van der Waals surface area contributed by atoms with E-state index in [0.29, 0.717) is 26.2 Å². The molecule has 7 nitrogen and oxygen atoms in total. The number of hydrogen-bond donors (Lipinski definition) is 0. The van der Waals surface area contributed by atoms with E-state index in [4.69, 9.17) is 4.74 Å². The van der Waals surface area contributed by atoms with Crippen LogP contribution in [-0.2, 0) is 16.0 Å². The second-order valence-electron chi connectivity index (χ2n) is 6.80. The number of carbonyl (C=O) groups excluding carboxylic acids is 1. The van der Waals surface area contributed by atoms with E-state index in [1.165, 1.54) is 11.3 Å². The number of aromatic nitrogens is 4. The van der Waals surface area contributed by atoms with Crippen LogP contribution >= 0.6 is 11.3 Å². The third-order valence-electron chi connectivity index (χ3n) is 4.64. The van der Waals surface area contributed by atoms with E-state index in [2.05, 4.69) is 32.0 Å². The summed E-state index contributed by atoms with van der Waals surface area (Å²) in [6.45, 7) is 6.60. The first-order valence-corrected chi connectivity index (χ1v) is 9.80. The number of ether oxygens (including phenoxy) is 1. The number of ketones is 1. The van der Waals surface area contributed by atoms with Gasteiger partial charge >= 0.3 is 0 Å². The van der Waals surface area contributed by atoms with Crippen molar-refractivity contribution in [3.05, 3.63) is 35.1 Å². The molecule has 1 atom stereocenters. The van der Waals surface area contributed by atoms with E-state index in [9.17, 15) is 4.79 Å². The predicted molar refractivity (Wildman–Crippen MR) is 104 cm³/mol. The molecule has 0 amide bonds. The van der Waals surface area contributed by atoms with Crippen molar-refractivity contribution in [3.63, 3.8) is 0 Å². The van der Waals surface area contributed by atoms with E-state index in [1.807, 2.05) is 25.1 Å². The number of aryl methyl sites for hydroxylation is 1. The van der Waals surface area contributed by atoms with E-state index >= 15 is 0 Å². The Hall–Kier alpha value is -2.29. The molecule has 0 radical (unpaired) electrons. The fraction of sp³-hybridized carbons (Fsp3) is 0.421. The van der Waals surface area contributed by atoms with Crippen molar-refractivity contribution in [1.82, 2.24) is 25.1 Å². The average Bonchev–Trinajstić information content (AvgIpc) is 3.09. The Kier molecular flexibility index (Phi) is 5.20. The molecular formula is C19H21N5O2S. The van der Waals surface area contributed by atoms with Crippen molar-refractivity contribution < 1.29 is 9.53 Å². The molecule has 1 aliphatic rings. The van der Waals surface area contributed by atoms with Gasteiger partial charge in [-0.1, -0.05) is 11.3 Å². The van der Waals surface area contributed by atoms with Gasteiger partial charge in [0.2, 0.25) is 0 Å². The summed E-state index contributed by atoms with van der Waals surface area (Å²) >= 11 is 1.51. The molecule has 4 rings (SSSR count). The monoisotopic (exact) mass is 383 g/mol. The van der Waals surface area contributed by atoms with E-state index in [-0.39, 0.29) is 11.8 Å². The summed E-state index contributed by atoms with van der Waals surface area (Å²) in [4.78, 5) is 23.8. The average molecular weight is 383 g/mol. The van der Waals surface area contributed by atoms with Crippen LogP contribution in [0.3, 0.4) is 0 Å². The zero-order valence-electron chi connectivity index (χ0n) is 15.4. The first-order chi connectivity index (χ1) is 13.1. The number of rotatable bonds is 5. The Morgan fingerprint density at radius 2 is 2.26 bits per heavy atom. The SMILES string of the molecule is Cc1nnc(-c2ccc3cnc(CC(=O)CN4CCOC[C@H]4C)cc3n2)s1. The molecule has 8 heteroatoms. The maximum atomic E-state index is 12.5. The maximum absolute atomic E-state index is 12.5. The van der Waals surface area contributed by atoms with Crippen molar-refractivity contribution in [2.75, 3.05) is 26.3 Å². The van der Waals surface area contributed by atoms with Crippen LogP contribution in [0.5, 0.6) is 0 Å². The minimum atomic E-state index is 0.159. The summed E-state index contributed by atoms with van der Waals surface area (Å²) in [5.41, 5.74) is 2.35. The summed E-state index contributed by atoms with van der Waals surface area (Å²) in [5.74, 6) is 0.159. The number of nitrogens with zero attached hydrogens (tertiary/aromatic N) is 5. The Morgan fingerprint density at radius 1 is 1.37 bits per heavy atom.